The number of aryl methyl sites for hydroxylation is 1. The molecule has 0 amide bonds. The molecule has 5 heteroatoms. The van der Waals surface area contributed by atoms with Gasteiger partial charge in [-0.15, -0.1) is 0 Å². The van der Waals surface area contributed by atoms with E-state index in [9.17, 15) is 8.42 Å². The topological polar surface area (TPSA) is 40.6 Å². The zero-order chi connectivity index (χ0) is 14.9. The number of hydrogen-bond acceptors (Lipinski definition) is 3. The van der Waals surface area contributed by atoms with Crippen molar-refractivity contribution in [2.24, 2.45) is 0 Å². The Morgan fingerprint density at radius 2 is 1.86 bits per heavy atom. The number of benzene rings is 1. The Bertz CT molecular complexity index is 596. The summed E-state index contributed by atoms with van der Waals surface area (Å²) in [7, 11) is -3.01. The van der Waals surface area contributed by atoms with Gasteiger partial charge in [-0.25, -0.2) is 12.7 Å². The zero-order valence-electron chi connectivity index (χ0n) is 12.7. The first-order valence-corrected chi connectivity index (χ1v) is 9.33. The molecule has 2 aliphatic rings. The molecule has 21 heavy (non-hydrogen) atoms. The Labute approximate surface area is 127 Å². The fraction of sp³-hybridized carbons (Fsp3) is 0.625. The SMILES string of the molecule is Cc1ccccc1CN1CCCN(S(=O)(=O)C2CC2)CC1. The first-order valence-electron chi connectivity index (χ1n) is 7.83. The average Bonchev–Trinajstić information content (AvgIpc) is 3.28. The number of hydrogen-bond donors (Lipinski definition) is 0. The van der Waals surface area contributed by atoms with Crippen LogP contribution in [0.25, 0.3) is 0 Å². The van der Waals surface area contributed by atoms with Crippen molar-refractivity contribution in [3.63, 3.8) is 0 Å². The second kappa shape index (κ2) is 6.07. The Kier molecular flexibility index (Phi) is 4.33. The summed E-state index contributed by atoms with van der Waals surface area (Å²) < 4.78 is 26.4. The van der Waals surface area contributed by atoms with Crippen molar-refractivity contribution in [2.45, 2.75) is 38.0 Å². The van der Waals surface area contributed by atoms with E-state index >= 15 is 0 Å². The van der Waals surface area contributed by atoms with Crippen LogP contribution in [-0.2, 0) is 16.6 Å². The average molecular weight is 308 g/mol. The molecule has 0 atom stereocenters. The molecule has 2 fully saturated rings. The van der Waals surface area contributed by atoms with E-state index in [-0.39, 0.29) is 5.25 Å². The van der Waals surface area contributed by atoms with Crippen LogP contribution in [0, 0.1) is 6.92 Å². The fourth-order valence-electron chi connectivity index (χ4n) is 2.96. The summed E-state index contributed by atoms with van der Waals surface area (Å²) in [5.41, 5.74) is 2.65. The van der Waals surface area contributed by atoms with Crippen LogP contribution in [0.3, 0.4) is 0 Å². The second-order valence-corrected chi connectivity index (χ2v) is 8.41. The van der Waals surface area contributed by atoms with Gasteiger partial charge in [0.05, 0.1) is 5.25 Å². The van der Waals surface area contributed by atoms with E-state index in [4.69, 9.17) is 0 Å². The summed E-state index contributed by atoms with van der Waals surface area (Å²) in [6, 6.07) is 8.44. The van der Waals surface area contributed by atoms with Gasteiger partial charge in [0.2, 0.25) is 10.0 Å². The first kappa shape index (κ1) is 15.0. The molecular weight excluding hydrogens is 284 g/mol. The summed E-state index contributed by atoms with van der Waals surface area (Å²) in [5, 5.41) is -0.0829. The van der Waals surface area contributed by atoms with E-state index in [2.05, 4.69) is 36.1 Å². The minimum Gasteiger partial charge on any atom is -0.298 e. The molecule has 1 aliphatic carbocycles. The Hall–Kier alpha value is -0.910. The van der Waals surface area contributed by atoms with E-state index in [0.717, 1.165) is 38.9 Å². The van der Waals surface area contributed by atoms with Crippen LogP contribution in [0.2, 0.25) is 0 Å². The molecule has 1 saturated carbocycles. The maximum absolute atomic E-state index is 12.3. The van der Waals surface area contributed by atoms with Crippen LogP contribution in [-0.4, -0.2) is 49.1 Å². The summed E-state index contributed by atoms with van der Waals surface area (Å²) in [6.07, 6.45) is 2.63. The lowest BCUT2D eigenvalue weighted by Gasteiger charge is -2.22. The predicted molar refractivity (Wildman–Crippen MR) is 84.6 cm³/mol. The summed E-state index contributed by atoms with van der Waals surface area (Å²) in [4.78, 5) is 2.38. The van der Waals surface area contributed by atoms with Crippen molar-refractivity contribution in [1.82, 2.24) is 9.21 Å². The van der Waals surface area contributed by atoms with Gasteiger partial charge >= 0.3 is 0 Å². The lowest BCUT2D eigenvalue weighted by Crippen LogP contribution is -2.37. The van der Waals surface area contributed by atoms with E-state index in [0.29, 0.717) is 13.1 Å². The Morgan fingerprint density at radius 3 is 2.57 bits per heavy atom. The molecule has 0 N–H and O–H groups in total. The van der Waals surface area contributed by atoms with Gasteiger partial charge < -0.3 is 0 Å². The summed E-state index contributed by atoms with van der Waals surface area (Å²) in [5.74, 6) is 0. The normalized spacial score (nSPS) is 22.1. The summed E-state index contributed by atoms with van der Waals surface area (Å²) >= 11 is 0. The monoisotopic (exact) mass is 308 g/mol. The van der Waals surface area contributed by atoms with Gasteiger partial charge in [0.25, 0.3) is 0 Å². The highest BCUT2D eigenvalue weighted by molar-refractivity contribution is 7.90. The highest BCUT2D eigenvalue weighted by Gasteiger charge is 2.40. The number of rotatable bonds is 4. The standard InChI is InChI=1S/C16H24N2O2S/c1-14-5-2-3-6-15(14)13-17-9-4-10-18(12-11-17)21(19,20)16-7-8-16/h2-3,5-6,16H,4,7-13H2,1H3. The molecule has 0 aromatic heterocycles. The van der Waals surface area contributed by atoms with E-state index in [1.54, 1.807) is 4.31 Å². The van der Waals surface area contributed by atoms with Crippen molar-refractivity contribution in [3.05, 3.63) is 35.4 Å². The van der Waals surface area contributed by atoms with Crippen LogP contribution in [0.4, 0.5) is 0 Å². The van der Waals surface area contributed by atoms with Crippen molar-refractivity contribution in [2.75, 3.05) is 26.2 Å². The van der Waals surface area contributed by atoms with Gasteiger partial charge in [-0.1, -0.05) is 24.3 Å². The molecule has 1 heterocycles. The van der Waals surface area contributed by atoms with Crippen molar-refractivity contribution in [3.8, 4) is 0 Å². The van der Waals surface area contributed by atoms with Crippen LogP contribution in [0.1, 0.15) is 30.4 Å². The maximum atomic E-state index is 12.3. The van der Waals surface area contributed by atoms with Crippen molar-refractivity contribution >= 4 is 10.0 Å². The molecule has 1 aromatic carbocycles. The molecule has 1 aromatic rings. The predicted octanol–water partition coefficient (Wildman–Crippen LogP) is 1.99. The van der Waals surface area contributed by atoms with Gasteiger partial charge in [0.15, 0.2) is 0 Å². The van der Waals surface area contributed by atoms with E-state index in [1.165, 1.54) is 11.1 Å². The Balaban J connectivity index is 1.62. The number of sulfonamides is 1. The van der Waals surface area contributed by atoms with E-state index in [1.807, 2.05) is 0 Å². The largest absolute Gasteiger partial charge is 0.298 e. The molecule has 1 aliphatic heterocycles. The molecule has 1 saturated heterocycles. The Morgan fingerprint density at radius 1 is 1.10 bits per heavy atom. The van der Waals surface area contributed by atoms with Crippen LogP contribution >= 0.6 is 0 Å². The lowest BCUT2D eigenvalue weighted by molar-refractivity contribution is 0.278. The molecule has 0 unspecified atom stereocenters. The van der Waals surface area contributed by atoms with Gasteiger partial charge in [0.1, 0.15) is 0 Å². The molecular formula is C16H24N2O2S. The van der Waals surface area contributed by atoms with Gasteiger partial charge in [-0.3, -0.25) is 4.90 Å². The third kappa shape index (κ3) is 3.47. The van der Waals surface area contributed by atoms with Gasteiger partial charge in [-0.05, 0) is 43.9 Å². The van der Waals surface area contributed by atoms with Crippen molar-refractivity contribution in [1.29, 1.82) is 0 Å². The quantitative estimate of drug-likeness (QED) is 0.854. The smallest absolute Gasteiger partial charge is 0.217 e. The molecule has 116 valence electrons. The van der Waals surface area contributed by atoms with Crippen LogP contribution in [0.15, 0.2) is 24.3 Å². The lowest BCUT2D eigenvalue weighted by atomic mass is 10.1. The van der Waals surface area contributed by atoms with Crippen molar-refractivity contribution < 1.29 is 8.42 Å². The maximum Gasteiger partial charge on any atom is 0.217 e. The fourth-order valence-corrected chi connectivity index (χ4v) is 4.84. The number of nitrogens with zero attached hydrogens (tertiary/aromatic N) is 2. The highest BCUT2D eigenvalue weighted by atomic mass is 32.2. The first-order chi connectivity index (χ1) is 10.1. The van der Waals surface area contributed by atoms with Crippen LogP contribution in [0.5, 0.6) is 0 Å². The van der Waals surface area contributed by atoms with E-state index < -0.39 is 10.0 Å². The second-order valence-electron chi connectivity index (χ2n) is 6.20. The third-order valence-electron chi connectivity index (χ3n) is 4.51. The van der Waals surface area contributed by atoms with Gasteiger partial charge in [0, 0.05) is 26.2 Å². The molecule has 0 bridgehead atoms. The molecule has 0 spiro atoms. The minimum absolute atomic E-state index is 0.0829. The van der Waals surface area contributed by atoms with Gasteiger partial charge in [-0.2, -0.15) is 0 Å². The molecule has 0 radical (unpaired) electrons. The third-order valence-corrected chi connectivity index (χ3v) is 6.91. The zero-order valence-corrected chi connectivity index (χ0v) is 13.5. The summed E-state index contributed by atoms with van der Waals surface area (Å²) in [6.45, 7) is 6.19. The minimum atomic E-state index is -3.01. The highest BCUT2D eigenvalue weighted by Crippen LogP contribution is 2.31. The van der Waals surface area contributed by atoms with Crippen LogP contribution < -0.4 is 0 Å². The molecule has 4 nitrogen and oxygen atoms in total. The molecule has 3 rings (SSSR count).